The fourth-order valence-electron chi connectivity index (χ4n) is 1.94. The molecule has 0 aliphatic heterocycles. The smallest absolute Gasteiger partial charge is 0.124 e. The number of fused-ring (bicyclic) bond motifs is 1. The van der Waals surface area contributed by atoms with Crippen molar-refractivity contribution < 1.29 is 0 Å². The number of aromatic nitrogens is 1. The van der Waals surface area contributed by atoms with Crippen LogP contribution in [-0.4, -0.2) is 4.98 Å². The molecule has 2 heteroatoms. The largest absolute Gasteiger partial charge is 0.236 e. The van der Waals surface area contributed by atoms with E-state index in [1.807, 2.05) is 0 Å². The Morgan fingerprint density at radius 3 is 2.59 bits per heavy atom. The number of benzene rings is 2. The van der Waals surface area contributed by atoms with Crippen molar-refractivity contribution in [3.05, 3.63) is 53.6 Å². The molecule has 1 aromatic heterocycles. The van der Waals surface area contributed by atoms with Gasteiger partial charge in [-0.15, -0.1) is 11.3 Å². The summed E-state index contributed by atoms with van der Waals surface area (Å²) in [5.74, 6) is 0. The van der Waals surface area contributed by atoms with Crippen LogP contribution in [0.2, 0.25) is 0 Å². The van der Waals surface area contributed by atoms with Crippen LogP contribution in [0.4, 0.5) is 0 Å². The van der Waals surface area contributed by atoms with Crippen LogP contribution in [-0.2, 0) is 0 Å². The topological polar surface area (TPSA) is 12.9 Å². The fraction of sp³-hybridized carbons (Fsp3) is 0.133. The molecule has 0 spiro atoms. The van der Waals surface area contributed by atoms with Crippen LogP contribution in [0, 0.1) is 13.8 Å². The number of hydrogen-bond donors (Lipinski definition) is 0. The predicted molar refractivity (Wildman–Crippen MR) is 74.5 cm³/mol. The summed E-state index contributed by atoms with van der Waals surface area (Å²) >= 11 is 1.76. The third-order valence-corrected chi connectivity index (χ3v) is 3.89. The zero-order chi connectivity index (χ0) is 11.8. The molecule has 1 nitrogen and oxygen atoms in total. The van der Waals surface area contributed by atoms with Gasteiger partial charge in [-0.05, 0) is 37.6 Å². The van der Waals surface area contributed by atoms with E-state index in [1.165, 1.54) is 21.4 Å². The average Bonchev–Trinajstić information content (AvgIpc) is 2.72. The third kappa shape index (κ3) is 1.96. The minimum Gasteiger partial charge on any atom is -0.236 e. The first-order valence-corrected chi connectivity index (χ1v) is 6.48. The minimum atomic E-state index is 1.10. The Labute approximate surface area is 105 Å². The lowest BCUT2D eigenvalue weighted by Crippen LogP contribution is -1.77. The van der Waals surface area contributed by atoms with Crippen molar-refractivity contribution in [3.8, 4) is 10.6 Å². The highest BCUT2D eigenvalue weighted by molar-refractivity contribution is 7.21. The molecule has 0 unspecified atom stereocenters. The van der Waals surface area contributed by atoms with Gasteiger partial charge >= 0.3 is 0 Å². The maximum atomic E-state index is 4.70. The Hall–Kier alpha value is -1.67. The van der Waals surface area contributed by atoms with Crippen molar-refractivity contribution in [2.75, 3.05) is 0 Å². The molecular formula is C15H13NS. The van der Waals surface area contributed by atoms with Crippen LogP contribution in [0.1, 0.15) is 11.1 Å². The van der Waals surface area contributed by atoms with Gasteiger partial charge in [0.25, 0.3) is 0 Å². The fourth-order valence-corrected chi connectivity index (χ4v) is 2.88. The van der Waals surface area contributed by atoms with E-state index in [9.17, 15) is 0 Å². The summed E-state index contributed by atoms with van der Waals surface area (Å²) in [5.41, 5.74) is 4.85. The molecule has 3 aromatic rings. The SMILES string of the molecule is Cc1cccc(-c2nc3cc(C)ccc3s2)c1. The molecule has 17 heavy (non-hydrogen) atoms. The molecule has 2 aromatic carbocycles. The molecule has 0 aliphatic rings. The Morgan fingerprint density at radius 2 is 1.76 bits per heavy atom. The van der Waals surface area contributed by atoms with Gasteiger partial charge in [-0.25, -0.2) is 4.98 Å². The van der Waals surface area contributed by atoms with Gasteiger partial charge in [0.2, 0.25) is 0 Å². The van der Waals surface area contributed by atoms with Crippen molar-refractivity contribution in [1.82, 2.24) is 4.98 Å². The van der Waals surface area contributed by atoms with Crippen molar-refractivity contribution in [2.24, 2.45) is 0 Å². The molecule has 84 valence electrons. The molecular weight excluding hydrogens is 226 g/mol. The van der Waals surface area contributed by atoms with E-state index in [1.54, 1.807) is 11.3 Å². The quantitative estimate of drug-likeness (QED) is 0.605. The second kappa shape index (κ2) is 3.97. The van der Waals surface area contributed by atoms with E-state index in [0.29, 0.717) is 0 Å². The number of aryl methyl sites for hydroxylation is 2. The summed E-state index contributed by atoms with van der Waals surface area (Å²) in [6.07, 6.45) is 0. The van der Waals surface area contributed by atoms with Gasteiger partial charge in [-0.2, -0.15) is 0 Å². The third-order valence-electron chi connectivity index (χ3n) is 2.81. The molecule has 0 atom stereocenters. The molecule has 0 saturated heterocycles. The second-order valence-electron chi connectivity index (χ2n) is 4.36. The maximum absolute atomic E-state index is 4.70. The standard InChI is InChI=1S/C15H13NS/c1-10-4-3-5-12(8-10)15-16-13-9-11(2)6-7-14(13)17-15/h3-9H,1-2H3. The van der Waals surface area contributed by atoms with E-state index in [0.717, 1.165) is 10.5 Å². The summed E-state index contributed by atoms with van der Waals surface area (Å²) in [4.78, 5) is 4.70. The first-order valence-electron chi connectivity index (χ1n) is 5.66. The van der Waals surface area contributed by atoms with Gasteiger partial charge in [0.1, 0.15) is 5.01 Å². The Bertz CT molecular complexity index is 682. The lowest BCUT2D eigenvalue weighted by Gasteiger charge is -1.96. The molecule has 0 N–H and O–H groups in total. The maximum Gasteiger partial charge on any atom is 0.124 e. The minimum absolute atomic E-state index is 1.10. The Balaban J connectivity index is 2.18. The highest BCUT2D eigenvalue weighted by Crippen LogP contribution is 2.30. The Morgan fingerprint density at radius 1 is 0.941 bits per heavy atom. The summed E-state index contributed by atoms with van der Waals surface area (Å²) in [7, 11) is 0. The van der Waals surface area contributed by atoms with Crippen LogP contribution in [0.3, 0.4) is 0 Å². The summed E-state index contributed by atoms with van der Waals surface area (Å²) in [6.45, 7) is 4.21. The first-order chi connectivity index (χ1) is 8.22. The predicted octanol–water partition coefficient (Wildman–Crippen LogP) is 4.58. The van der Waals surface area contributed by atoms with E-state index in [2.05, 4.69) is 56.3 Å². The van der Waals surface area contributed by atoms with Crippen LogP contribution in [0.5, 0.6) is 0 Å². The normalized spacial score (nSPS) is 10.9. The van der Waals surface area contributed by atoms with E-state index in [-0.39, 0.29) is 0 Å². The lowest BCUT2D eigenvalue weighted by atomic mass is 10.1. The van der Waals surface area contributed by atoms with Gasteiger partial charge in [-0.1, -0.05) is 29.8 Å². The molecule has 1 heterocycles. The van der Waals surface area contributed by atoms with E-state index in [4.69, 9.17) is 4.98 Å². The molecule has 0 radical (unpaired) electrons. The monoisotopic (exact) mass is 239 g/mol. The number of rotatable bonds is 1. The zero-order valence-corrected chi connectivity index (χ0v) is 10.7. The van der Waals surface area contributed by atoms with Gasteiger partial charge in [0.15, 0.2) is 0 Å². The molecule has 0 saturated carbocycles. The highest BCUT2D eigenvalue weighted by Gasteiger charge is 2.06. The number of nitrogens with zero attached hydrogens (tertiary/aromatic N) is 1. The zero-order valence-electron chi connectivity index (χ0n) is 9.90. The van der Waals surface area contributed by atoms with Crippen LogP contribution in [0.25, 0.3) is 20.8 Å². The summed E-state index contributed by atoms with van der Waals surface area (Å²) in [5, 5.41) is 1.11. The first kappa shape index (κ1) is 10.5. The van der Waals surface area contributed by atoms with Crippen LogP contribution >= 0.6 is 11.3 Å². The van der Waals surface area contributed by atoms with Gasteiger partial charge in [0.05, 0.1) is 10.2 Å². The van der Waals surface area contributed by atoms with Crippen molar-refractivity contribution in [3.63, 3.8) is 0 Å². The summed E-state index contributed by atoms with van der Waals surface area (Å²) in [6, 6.07) is 14.9. The average molecular weight is 239 g/mol. The van der Waals surface area contributed by atoms with Gasteiger partial charge < -0.3 is 0 Å². The summed E-state index contributed by atoms with van der Waals surface area (Å²) < 4.78 is 1.26. The van der Waals surface area contributed by atoms with Gasteiger partial charge in [-0.3, -0.25) is 0 Å². The molecule has 0 aliphatic carbocycles. The van der Waals surface area contributed by atoms with E-state index < -0.39 is 0 Å². The molecule has 3 rings (SSSR count). The molecule has 0 amide bonds. The number of thiazole rings is 1. The molecule has 0 fully saturated rings. The van der Waals surface area contributed by atoms with Crippen molar-refractivity contribution in [2.45, 2.75) is 13.8 Å². The Kier molecular flexibility index (Phi) is 2.45. The van der Waals surface area contributed by atoms with E-state index >= 15 is 0 Å². The second-order valence-corrected chi connectivity index (χ2v) is 5.39. The van der Waals surface area contributed by atoms with Gasteiger partial charge in [0, 0.05) is 5.56 Å². The van der Waals surface area contributed by atoms with Crippen molar-refractivity contribution in [1.29, 1.82) is 0 Å². The van der Waals surface area contributed by atoms with Crippen LogP contribution in [0.15, 0.2) is 42.5 Å². The highest BCUT2D eigenvalue weighted by atomic mass is 32.1. The lowest BCUT2D eigenvalue weighted by molar-refractivity contribution is 1.42. The van der Waals surface area contributed by atoms with Crippen LogP contribution < -0.4 is 0 Å². The number of hydrogen-bond acceptors (Lipinski definition) is 2. The van der Waals surface area contributed by atoms with Crippen molar-refractivity contribution >= 4 is 21.6 Å². The molecule has 0 bridgehead atoms.